The molecule has 2 aliphatic heterocycles. The van der Waals surface area contributed by atoms with E-state index >= 15 is 0 Å². The van der Waals surface area contributed by atoms with Crippen LogP contribution in [-0.2, 0) is 4.79 Å². The van der Waals surface area contributed by atoms with E-state index in [1.807, 2.05) is 18.2 Å². The third kappa shape index (κ3) is 2.74. The van der Waals surface area contributed by atoms with Crippen molar-refractivity contribution in [1.82, 2.24) is 10.2 Å². The molecule has 3 aliphatic rings. The fourth-order valence-electron chi connectivity index (χ4n) is 3.50. The minimum atomic E-state index is -0.199. The molecular formula is C16H20BrN3O. The summed E-state index contributed by atoms with van der Waals surface area (Å²) >= 11 is 3.49. The zero-order chi connectivity index (χ0) is 14.4. The molecule has 2 fully saturated rings. The molecule has 1 unspecified atom stereocenters. The lowest BCUT2D eigenvalue weighted by atomic mass is 10.0. The van der Waals surface area contributed by atoms with Crippen molar-refractivity contribution in [2.24, 2.45) is 0 Å². The number of piperidine rings is 1. The number of benzene rings is 1. The highest BCUT2D eigenvalue weighted by atomic mass is 79.9. The number of hydrogen-bond acceptors (Lipinski definition) is 3. The molecule has 1 atom stereocenters. The molecule has 112 valence electrons. The average molecular weight is 350 g/mol. The lowest BCUT2D eigenvalue weighted by Gasteiger charge is -2.33. The molecule has 4 nitrogen and oxygen atoms in total. The van der Waals surface area contributed by atoms with Crippen molar-refractivity contribution in [3.05, 3.63) is 28.2 Å². The van der Waals surface area contributed by atoms with Crippen LogP contribution >= 0.6 is 15.9 Å². The van der Waals surface area contributed by atoms with Gasteiger partial charge in [-0.15, -0.1) is 0 Å². The Labute approximate surface area is 133 Å². The number of fused-ring (bicyclic) bond motifs is 1. The van der Waals surface area contributed by atoms with Crippen LogP contribution in [0.25, 0.3) is 0 Å². The van der Waals surface area contributed by atoms with Crippen LogP contribution in [0.15, 0.2) is 22.7 Å². The second-order valence-electron chi connectivity index (χ2n) is 6.36. The highest BCUT2D eigenvalue weighted by Gasteiger charge is 2.35. The molecule has 1 saturated heterocycles. The lowest BCUT2D eigenvalue weighted by Crippen LogP contribution is -2.45. The number of nitrogens with one attached hydrogen (secondary N) is 2. The molecule has 0 radical (unpaired) electrons. The van der Waals surface area contributed by atoms with Gasteiger partial charge in [0.05, 0.1) is 0 Å². The zero-order valence-corrected chi connectivity index (χ0v) is 13.5. The van der Waals surface area contributed by atoms with Gasteiger partial charge in [0.25, 0.3) is 0 Å². The van der Waals surface area contributed by atoms with Gasteiger partial charge in [0.2, 0.25) is 5.91 Å². The second kappa shape index (κ2) is 5.38. The molecule has 1 aromatic rings. The molecular weight excluding hydrogens is 330 g/mol. The number of carbonyl (C=O) groups excluding carboxylic acids is 1. The third-order valence-electron chi connectivity index (χ3n) is 4.84. The van der Waals surface area contributed by atoms with E-state index in [2.05, 4.69) is 31.5 Å². The first-order chi connectivity index (χ1) is 10.2. The van der Waals surface area contributed by atoms with Crippen LogP contribution in [-0.4, -0.2) is 36.0 Å². The van der Waals surface area contributed by atoms with Crippen molar-refractivity contribution in [3.63, 3.8) is 0 Å². The first kappa shape index (κ1) is 13.7. The lowest BCUT2D eigenvalue weighted by molar-refractivity contribution is -0.118. The van der Waals surface area contributed by atoms with E-state index in [-0.39, 0.29) is 11.9 Å². The summed E-state index contributed by atoms with van der Waals surface area (Å²) in [6.45, 7) is 2.34. The molecule has 0 bridgehead atoms. The van der Waals surface area contributed by atoms with Gasteiger partial charge >= 0.3 is 0 Å². The highest BCUT2D eigenvalue weighted by Crippen LogP contribution is 2.34. The molecule has 1 saturated carbocycles. The van der Waals surface area contributed by atoms with Crippen LogP contribution in [0.4, 0.5) is 5.69 Å². The van der Waals surface area contributed by atoms with E-state index in [1.54, 1.807) is 0 Å². The smallest absolute Gasteiger partial charge is 0.246 e. The van der Waals surface area contributed by atoms with Gasteiger partial charge in [0, 0.05) is 27.8 Å². The first-order valence-electron chi connectivity index (χ1n) is 7.81. The van der Waals surface area contributed by atoms with E-state index in [0.29, 0.717) is 6.04 Å². The number of rotatable bonds is 3. The fraction of sp³-hybridized carbons (Fsp3) is 0.562. The predicted molar refractivity (Wildman–Crippen MR) is 86.3 cm³/mol. The molecule has 1 aliphatic carbocycles. The van der Waals surface area contributed by atoms with Crippen molar-refractivity contribution in [2.75, 3.05) is 18.4 Å². The summed E-state index contributed by atoms with van der Waals surface area (Å²) in [4.78, 5) is 14.8. The standard InChI is InChI=1S/C16H20BrN3O/c17-10-1-4-14-13(9-10)15(16(21)19-14)18-11-5-7-20(8-6-11)12-2-3-12/h1,4,9,11-12,15,18H,2-3,5-8H2,(H,19,21). The number of anilines is 1. The minimum Gasteiger partial charge on any atom is -0.324 e. The summed E-state index contributed by atoms with van der Waals surface area (Å²) in [5.74, 6) is 0.0766. The minimum absolute atomic E-state index is 0.0766. The first-order valence-corrected chi connectivity index (χ1v) is 8.60. The van der Waals surface area contributed by atoms with Gasteiger partial charge in [-0.3, -0.25) is 10.1 Å². The van der Waals surface area contributed by atoms with Crippen molar-refractivity contribution < 1.29 is 4.79 Å². The van der Waals surface area contributed by atoms with Gasteiger partial charge in [0.1, 0.15) is 6.04 Å². The molecule has 1 aromatic carbocycles. The summed E-state index contributed by atoms with van der Waals surface area (Å²) in [5, 5.41) is 6.54. The van der Waals surface area contributed by atoms with Gasteiger partial charge in [-0.25, -0.2) is 0 Å². The summed E-state index contributed by atoms with van der Waals surface area (Å²) in [6, 6.07) is 7.09. The van der Waals surface area contributed by atoms with E-state index in [4.69, 9.17) is 0 Å². The molecule has 2 heterocycles. The van der Waals surface area contributed by atoms with Crippen molar-refractivity contribution in [2.45, 2.75) is 43.8 Å². The van der Waals surface area contributed by atoms with Crippen LogP contribution in [0.1, 0.15) is 37.3 Å². The SMILES string of the molecule is O=C1Nc2ccc(Br)cc2C1NC1CCN(C2CC2)CC1. The van der Waals surface area contributed by atoms with Crippen LogP contribution in [0, 0.1) is 0 Å². The fourth-order valence-corrected chi connectivity index (χ4v) is 3.88. The van der Waals surface area contributed by atoms with Gasteiger partial charge in [-0.05, 0) is 57.0 Å². The van der Waals surface area contributed by atoms with Crippen molar-refractivity contribution in [3.8, 4) is 0 Å². The number of halogens is 1. The monoisotopic (exact) mass is 349 g/mol. The Balaban J connectivity index is 1.43. The largest absolute Gasteiger partial charge is 0.324 e. The van der Waals surface area contributed by atoms with E-state index in [9.17, 15) is 4.79 Å². The average Bonchev–Trinajstić information content (AvgIpc) is 3.28. The van der Waals surface area contributed by atoms with E-state index in [0.717, 1.165) is 34.6 Å². The molecule has 0 spiro atoms. The van der Waals surface area contributed by atoms with E-state index in [1.165, 1.54) is 25.9 Å². The Kier molecular flexibility index (Phi) is 3.52. The van der Waals surface area contributed by atoms with Crippen LogP contribution < -0.4 is 10.6 Å². The van der Waals surface area contributed by atoms with Gasteiger partial charge in [-0.1, -0.05) is 15.9 Å². The molecule has 0 aromatic heterocycles. The Morgan fingerprint density at radius 1 is 1.19 bits per heavy atom. The van der Waals surface area contributed by atoms with Crippen LogP contribution in [0.3, 0.4) is 0 Å². The molecule has 4 rings (SSSR count). The number of carbonyl (C=O) groups is 1. The quantitative estimate of drug-likeness (QED) is 0.881. The third-order valence-corrected chi connectivity index (χ3v) is 5.33. The van der Waals surface area contributed by atoms with E-state index < -0.39 is 0 Å². The predicted octanol–water partition coefficient (Wildman–Crippen LogP) is 2.66. The maximum atomic E-state index is 12.2. The number of likely N-dealkylation sites (tertiary alicyclic amines) is 1. The van der Waals surface area contributed by atoms with Crippen molar-refractivity contribution in [1.29, 1.82) is 0 Å². The maximum absolute atomic E-state index is 12.2. The normalized spacial score (nSPS) is 26.7. The zero-order valence-electron chi connectivity index (χ0n) is 11.9. The second-order valence-corrected chi connectivity index (χ2v) is 7.28. The molecule has 2 N–H and O–H groups in total. The number of nitrogens with zero attached hydrogens (tertiary/aromatic N) is 1. The number of hydrogen-bond donors (Lipinski definition) is 2. The van der Waals surface area contributed by atoms with Crippen molar-refractivity contribution >= 4 is 27.5 Å². The number of amides is 1. The summed E-state index contributed by atoms with van der Waals surface area (Å²) in [7, 11) is 0. The molecule has 5 heteroatoms. The molecule has 21 heavy (non-hydrogen) atoms. The Bertz CT molecular complexity index is 565. The summed E-state index contributed by atoms with van der Waals surface area (Å²) < 4.78 is 1.02. The summed E-state index contributed by atoms with van der Waals surface area (Å²) in [5.41, 5.74) is 2.01. The van der Waals surface area contributed by atoms with Gasteiger partial charge < -0.3 is 10.2 Å². The topological polar surface area (TPSA) is 44.4 Å². The van der Waals surface area contributed by atoms with Crippen LogP contribution in [0.2, 0.25) is 0 Å². The molecule has 1 amide bonds. The Morgan fingerprint density at radius 2 is 1.95 bits per heavy atom. The van der Waals surface area contributed by atoms with Gasteiger partial charge in [0.15, 0.2) is 0 Å². The Hall–Kier alpha value is -0.910. The van der Waals surface area contributed by atoms with Crippen LogP contribution in [0.5, 0.6) is 0 Å². The summed E-state index contributed by atoms with van der Waals surface area (Å²) in [6.07, 6.45) is 5.04. The Morgan fingerprint density at radius 3 is 2.67 bits per heavy atom. The highest BCUT2D eigenvalue weighted by molar-refractivity contribution is 9.10. The maximum Gasteiger partial charge on any atom is 0.246 e. The van der Waals surface area contributed by atoms with Gasteiger partial charge in [-0.2, -0.15) is 0 Å².